The van der Waals surface area contributed by atoms with E-state index in [1.54, 1.807) is 12.1 Å². The quantitative estimate of drug-likeness (QED) is 0.831. The van der Waals surface area contributed by atoms with Gasteiger partial charge in [0.15, 0.2) is 0 Å². The van der Waals surface area contributed by atoms with Crippen molar-refractivity contribution in [2.24, 2.45) is 5.41 Å². The highest BCUT2D eigenvalue weighted by atomic mass is 19.1. The van der Waals surface area contributed by atoms with E-state index in [1.165, 1.54) is 6.07 Å². The fourth-order valence-corrected chi connectivity index (χ4v) is 1.82. The predicted molar refractivity (Wildman–Crippen MR) is 61.6 cm³/mol. The van der Waals surface area contributed by atoms with Crippen molar-refractivity contribution < 1.29 is 9.13 Å². The summed E-state index contributed by atoms with van der Waals surface area (Å²) in [6, 6.07) is 6.85. The van der Waals surface area contributed by atoms with Crippen LogP contribution in [0, 0.1) is 11.2 Å². The van der Waals surface area contributed by atoms with Crippen molar-refractivity contribution in [1.82, 2.24) is 5.32 Å². The highest BCUT2D eigenvalue weighted by molar-refractivity contribution is 5.18. The first kappa shape index (κ1) is 11.6. The second kappa shape index (κ2) is 4.52. The molecule has 1 fully saturated rings. The van der Waals surface area contributed by atoms with Crippen LogP contribution in [-0.2, 0) is 11.2 Å². The van der Waals surface area contributed by atoms with E-state index in [-0.39, 0.29) is 17.5 Å². The molecule has 0 aromatic heterocycles. The number of ether oxygens (including phenoxy) is 1. The Morgan fingerprint density at radius 3 is 2.81 bits per heavy atom. The number of nitrogens with one attached hydrogen (secondary N) is 1. The second-order valence-corrected chi connectivity index (χ2v) is 5.14. The van der Waals surface area contributed by atoms with Gasteiger partial charge in [-0.1, -0.05) is 32.0 Å². The van der Waals surface area contributed by atoms with Crippen LogP contribution in [-0.4, -0.2) is 19.4 Å². The van der Waals surface area contributed by atoms with Crippen molar-refractivity contribution in [3.8, 4) is 0 Å². The van der Waals surface area contributed by atoms with Crippen LogP contribution in [0.5, 0.6) is 0 Å². The molecule has 0 aliphatic carbocycles. The lowest BCUT2D eigenvalue weighted by molar-refractivity contribution is -0.0569. The molecule has 1 aromatic carbocycles. The minimum atomic E-state index is -0.155. The lowest BCUT2D eigenvalue weighted by atomic mass is 9.93. The normalized spacial score (nSPS) is 24.3. The Morgan fingerprint density at radius 1 is 1.44 bits per heavy atom. The standard InChI is InChI=1S/C13H18FNO/c1-13(2)8-15-12(16-9-13)7-10-5-3-4-6-11(10)14/h3-6,12,15H,7-9H2,1-2H3. The van der Waals surface area contributed by atoms with E-state index in [0.717, 1.165) is 13.2 Å². The molecule has 3 heteroatoms. The van der Waals surface area contributed by atoms with Crippen molar-refractivity contribution in [2.45, 2.75) is 26.5 Å². The van der Waals surface area contributed by atoms with Crippen molar-refractivity contribution >= 4 is 0 Å². The van der Waals surface area contributed by atoms with E-state index in [1.807, 2.05) is 6.07 Å². The minimum absolute atomic E-state index is 0.0649. The molecule has 0 saturated carbocycles. The van der Waals surface area contributed by atoms with E-state index >= 15 is 0 Å². The van der Waals surface area contributed by atoms with Gasteiger partial charge in [-0.15, -0.1) is 0 Å². The number of hydrogen-bond acceptors (Lipinski definition) is 2. The van der Waals surface area contributed by atoms with E-state index in [0.29, 0.717) is 12.0 Å². The van der Waals surface area contributed by atoms with Crippen LogP contribution < -0.4 is 5.32 Å². The van der Waals surface area contributed by atoms with E-state index in [4.69, 9.17) is 4.74 Å². The molecule has 1 atom stereocenters. The van der Waals surface area contributed by atoms with Gasteiger partial charge in [-0.25, -0.2) is 4.39 Å². The molecule has 1 N–H and O–H groups in total. The Kier molecular flexibility index (Phi) is 3.26. The van der Waals surface area contributed by atoms with Crippen molar-refractivity contribution in [2.75, 3.05) is 13.2 Å². The Bertz CT molecular complexity index is 355. The van der Waals surface area contributed by atoms with Gasteiger partial charge >= 0.3 is 0 Å². The van der Waals surface area contributed by atoms with E-state index < -0.39 is 0 Å². The summed E-state index contributed by atoms with van der Waals surface area (Å²) in [5.74, 6) is -0.155. The molecule has 88 valence electrons. The van der Waals surface area contributed by atoms with Crippen LogP contribution in [0.1, 0.15) is 19.4 Å². The molecule has 1 aliphatic heterocycles. The summed E-state index contributed by atoms with van der Waals surface area (Å²) < 4.78 is 19.1. The first-order valence-corrected chi connectivity index (χ1v) is 5.65. The first-order chi connectivity index (χ1) is 7.57. The minimum Gasteiger partial charge on any atom is -0.362 e. The maximum Gasteiger partial charge on any atom is 0.126 e. The smallest absolute Gasteiger partial charge is 0.126 e. The predicted octanol–water partition coefficient (Wildman–Crippen LogP) is 2.34. The third-order valence-corrected chi connectivity index (χ3v) is 2.85. The molecule has 1 aliphatic rings. The summed E-state index contributed by atoms with van der Waals surface area (Å²) in [4.78, 5) is 0. The number of benzene rings is 1. The van der Waals surface area contributed by atoms with E-state index in [9.17, 15) is 4.39 Å². The zero-order valence-electron chi connectivity index (χ0n) is 9.79. The van der Waals surface area contributed by atoms with Gasteiger partial charge in [-0.3, -0.25) is 5.32 Å². The van der Waals surface area contributed by atoms with Crippen molar-refractivity contribution in [3.63, 3.8) is 0 Å². The van der Waals surface area contributed by atoms with Gasteiger partial charge in [-0.2, -0.15) is 0 Å². The first-order valence-electron chi connectivity index (χ1n) is 5.65. The average molecular weight is 223 g/mol. The Labute approximate surface area is 95.8 Å². The summed E-state index contributed by atoms with van der Waals surface area (Å²) in [6.45, 7) is 5.93. The molecule has 2 rings (SSSR count). The molecule has 2 nitrogen and oxygen atoms in total. The molecule has 16 heavy (non-hydrogen) atoms. The molecule has 0 spiro atoms. The van der Waals surface area contributed by atoms with Gasteiger partial charge < -0.3 is 4.74 Å². The summed E-state index contributed by atoms with van der Waals surface area (Å²) in [6.07, 6.45) is 0.521. The van der Waals surface area contributed by atoms with Crippen LogP contribution in [0.25, 0.3) is 0 Å². The number of rotatable bonds is 2. The summed E-state index contributed by atoms with van der Waals surface area (Å²) in [5, 5.41) is 3.30. The molecule has 1 saturated heterocycles. The molecular formula is C13H18FNO. The topological polar surface area (TPSA) is 21.3 Å². The maximum absolute atomic E-state index is 13.4. The van der Waals surface area contributed by atoms with Gasteiger partial charge in [0.25, 0.3) is 0 Å². The third-order valence-electron chi connectivity index (χ3n) is 2.85. The SMILES string of the molecule is CC1(C)CNC(Cc2ccccc2F)OC1. The molecule has 0 radical (unpaired) electrons. The van der Waals surface area contributed by atoms with Gasteiger partial charge in [0.1, 0.15) is 12.0 Å². The second-order valence-electron chi connectivity index (χ2n) is 5.14. The zero-order valence-corrected chi connectivity index (χ0v) is 9.79. The Balaban J connectivity index is 1.95. The molecule has 1 heterocycles. The highest BCUT2D eigenvalue weighted by Crippen LogP contribution is 2.21. The lowest BCUT2D eigenvalue weighted by Crippen LogP contribution is -2.48. The van der Waals surface area contributed by atoms with Crippen molar-refractivity contribution in [3.05, 3.63) is 35.6 Å². The van der Waals surface area contributed by atoms with Crippen LogP contribution >= 0.6 is 0 Å². The molecular weight excluding hydrogens is 205 g/mol. The largest absolute Gasteiger partial charge is 0.362 e. The van der Waals surface area contributed by atoms with Gasteiger partial charge in [0.05, 0.1) is 6.61 Å². The van der Waals surface area contributed by atoms with Crippen LogP contribution in [0.3, 0.4) is 0 Å². The van der Waals surface area contributed by atoms with Crippen LogP contribution in [0.2, 0.25) is 0 Å². The Hall–Kier alpha value is -0.930. The highest BCUT2D eigenvalue weighted by Gasteiger charge is 2.27. The molecule has 0 amide bonds. The fourth-order valence-electron chi connectivity index (χ4n) is 1.82. The molecule has 1 aromatic rings. The zero-order chi connectivity index (χ0) is 11.6. The van der Waals surface area contributed by atoms with Gasteiger partial charge in [-0.05, 0) is 11.6 Å². The monoisotopic (exact) mass is 223 g/mol. The molecule has 0 bridgehead atoms. The lowest BCUT2D eigenvalue weighted by Gasteiger charge is -2.35. The summed E-state index contributed by atoms with van der Waals surface area (Å²) in [5.41, 5.74) is 0.880. The Morgan fingerprint density at radius 2 is 2.19 bits per heavy atom. The summed E-state index contributed by atoms with van der Waals surface area (Å²) in [7, 11) is 0. The summed E-state index contributed by atoms with van der Waals surface area (Å²) >= 11 is 0. The van der Waals surface area contributed by atoms with E-state index in [2.05, 4.69) is 19.2 Å². The number of hydrogen-bond donors (Lipinski definition) is 1. The third kappa shape index (κ3) is 2.80. The molecule has 1 unspecified atom stereocenters. The van der Waals surface area contributed by atoms with Gasteiger partial charge in [0, 0.05) is 18.4 Å². The average Bonchev–Trinajstić information content (AvgIpc) is 2.24. The van der Waals surface area contributed by atoms with Crippen LogP contribution in [0.4, 0.5) is 4.39 Å². The van der Waals surface area contributed by atoms with Gasteiger partial charge in [0.2, 0.25) is 0 Å². The maximum atomic E-state index is 13.4. The fraction of sp³-hybridized carbons (Fsp3) is 0.538. The number of halogens is 1. The van der Waals surface area contributed by atoms with Crippen molar-refractivity contribution in [1.29, 1.82) is 0 Å². The van der Waals surface area contributed by atoms with Crippen LogP contribution in [0.15, 0.2) is 24.3 Å².